The Kier molecular flexibility index (Phi) is 5.00. The van der Waals surface area contributed by atoms with Crippen LogP contribution in [0.25, 0.3) is 17.1 Å². The number of nitrogens with one attached hydrogen (secondary N) is 1. The highest BCUT2D eigenvalue weighted by Gasteiger charge is 2.16. The molecule has 0 bridgehead atoms. The molecule has 0 fully saturated rings. The van der Waals surface area contributed by atoms with Crippen molar-refractivity contribution in [2.24, 2.45) is 0 Å². The number of carbonyl (C=O) groups is 1. The summed E-state index contributed by atoms with van der Waals surface area (Å²) in [5, 5.41) is 3.55. The first-order valence-corrected chi connectivity index (χ1v) is 9.22. The molecule has 0 unspecified atom stereocenters. The molecule has 1 amide bonds. The molecule has 0 saturated carbocycles. The van der Waals surface area contributed by atoms with E-state index in [4.69, 9.17) is 16.0 Å². The first-order chi connectivity index (χ1) is 13.6. The van der Waals surface area contributed by atoms with Crippen LogP contribution in [0.1, 0.15) is 11.5 Å². The fraction of sp³-hybridized carbons (Fsp3) is 0.0909. The van der Waals surface area contributed by atoms with Gasteiger partial charge in [-0.15, -0.1) is 0 Å². The van der Waals surface area contributed by atoms with E-state index in [2.05, 4.69) is 10.3 Å². The molecule has 0 aliphatic rings. The fourth-order valence-electron chi connectivity index (χ4n) is 2.96. The molecule has 0 spiro atoms. The fourth-order valence-corrected chi connectivity index (χ4v) is 3.13. The lowest BCUT2D eigenvalue weighted by atomic mass is 10.2. The standard InChI is InChI=1S/C22H18ClN3O2/c1-15-19(25-22(28-15)16-7-3-2-4-8-16)14-21(27)24-18-10-9-17(23)13-20(18)26-11-5-6-12-26/h2-13H,14H2,1H3,(H,24,27). The Labute approximate surface area is 167 Å². The summed E-state index contributed by atoms with van der Waals surface area (Å²) < 4.78 is 7.64. The van der Waals surface area contributed by atoms with Gasteiger partial charge in [0.05, 0.1) is 23.5 Å². The molecule has 0 aliphatic heterocycles. The van der Waals surface area contributed by atoms with Crippen LogP contribution >= 0.6 is 11.6 Å². The third-order valence-corrected chi connectivity index (χ3v) is 4.59. The molecule has 2 heterocycles. The maximum Gasteiger partial charge on any atom is 0.230 e. The topological polar surface area (TPSA) is 60.1 Å². The number of oxazole rings is 1. The molecule has 2 aromatic carbocycles. The normalized spacial score (nSPS) is 10.8. The molecule has 2 aromatic heterocycles. The van der Waals surface area contributed by atoms with Gasteiger partial charge in [-0.1, -0.05) is 29.8 Å². The Morgan fingerprint density at radius 1 is 1.11 bits per heavy atom. The minimum Gasteiger partial charge on any atom is -0.441 e. The lowest BCUT2D eigenvalue weighted by Crippen LogP contribution is -2.16. The number of halogens is 1. The van der Waals surface area contributed by atoms with Crippen molar-refractivity contribution in [2.45, 2.75) is 13.3 Å². The van der Waals surface area contributed by atoms with Gasteiger partial charge in [-0.05, 0) is 49.4 Å². The van der Waals surface area contributed by atoms with E-state index >= 15 is 0 Å². The number of nitrogens with zero attached hydrogens (tertiary/aromatic N) is 2. The van der Waals surface area contributed by atoms with Crippen LogP contribution in [0.15, 0.2) is 77.5 Å². The number of hydrogen-bond acceptors (Lipinski definition) is 3. The second kappa shape index (κ2) is 7.74. The van der Waals surface area contributed by atoms with Crippen LogP contribution < -0.4 is 5.32 Å². The van der Waals surface area contributed by atoms with Gasteiger partial charge >= 0.3 is 0 Å². The summed E-state index contributed by atoms with van der Waals surface area (Å²) in [6, 6.07) is 18.8. The maximum absolute atomic E-state index is 12.7. The van der Waals surface area contributed by atoms with E-state index in [9.17, 15) is 4.79 Å². The average molecular weight is 392 g/mol. The maximum atomic E-state index is 12.7. The summed E-state index contributed by atoms with van der Waals surface area (Å²) in [7, 11) is 0. The van der Waals surface area contributed by atoms with Gasteiger partial charge in [0, 0.05) is 23.0 Å². The minimum absolute atomic E-state index is 0.121. The molecule has 28 heavy (non-hydrogen) atoms. The molecule has 4 aromatic rings. The summed E-state index contributed by atoms with van der Waals surface area (Å²) in [6.45, 7) is 1.82. The largest absolute Gasteiger partial charge is 0.441 e. The van der Waals surface area contributed by atoms with Crippen LogP contribution in [0, 0.1) is 6.92 Å². The van der Waals surface area contributed by atoms with Crippen molar-refractivity contribution in [3.63, 3.8) is 0 Å². The number of aromatic nitrogens is 2. The zero-order chi connectivity index (χ0) is 19.5. The van der Waals surface area contributed by atoms with Crippen molar-refractivity contribution in [3.05, 3.63) is 89.5 Å². The Morgan fingerprint density at radius 3 is 2.61 bits per heavy atom. The van der Waals surface area contributed by atoms with E-state index in [0.29, 0.717) is 28.1 Å². The number of hydrogen-bond donors (Lipinski definition) is 1. The van der Waals surface area contributed by atoms with E-state index in [1.165, 1.54) is 0 Å². The second-order valence-corrected chi connectivity index (χ2v) is 6.80. The predicted molar refractivity (Wildman–Crippen MR) is 110 cm³/mol. The van der Waals surface area contributed by atoms with Crippen LogP contribution in [0.4, 0.5) is 5.69 Å². The van der Waals surface area contributed by atoms with E-state index in [1.807, 2.05) is 72.4 Å². The van der Waals surface area contributed by atoms with Crippen molar-refractivity contribution in [1.29, 1.82) is 0 Å². The van der Waals surface area contributed by atoms with Crippen LogP contribution in [0.3, 0.4) is 0 Å². The highest BCUT2D eigenvalue weighted by molar-refractivity contribution is 6.31. The third-order valence-electron chi connectivity index (χ3n) is 4.36. The molecule has 0 aliphatic carbocycles. The van der Waals surface area contributed by atoms with Crippen LogP contribution in [-0.4, -0.2) is 15.5 Å². The van der Waals surface area contributed by atoms with Gasteiger partial charge in [-0.25, -0.2) is 4.98 Å². The molecule has 0 saturated heterocycles. The summed E-state index contributed by atoms with van der Waals surface area (Å²) in [5.74, 6) is 0.975. The summed E-state index contributed by atoms with van der Waals surface area (Å²) in [6.07, 6.45) is 3.92. The zero-order valence-corrected chi connectivity index (χ0v) is 16.0. The smallest absolute Gasteiger partial charge is 0.230 e. The molecule has 5 nitrogen and oxygen atoms in total. The van der Waals surface area contributed by atoms with Crippen molar-refractivity contribution in [2.75, 3.05) is 5.32 Å². The van der Waals surface area contributed by atoms with Gasteiger partial charge in [-0.2, -0.15) is 0 Å². The highest BCUT2D eigenvalue weighted by atomic mass is 35.5. The summed E-state index contributed by atoms with van der Waals surface area (Å²) >= 11 is 6.13. The lowest BCUT2D eigenvalue weighted by Gasteiger charge is -2.12. The van der Waals surface area contributed by atoms with Gasteiger partial charge in [0.25, 0.3) is 0 Å². The van der Waals surface area contributed by atoms with Crippen LogP contribution in [0.5, 0.6) is 0 Å². The van der Waals surface area contributed by atoms with Crippen molar-refractivity contribution >= 4 is 23.2 Å². The average Bonchev–Trinajstić information content (AvgIpc) is 3.34. The number of aryl methyl sites for hydroxylation is 1. The van der Waals surface area contributed by atoms with Crippen molar-refractivity contribution in [3.8, 4) is 17.1 Å². The minimum atomic E-state index is -0.174. The lowest BCUT2D eigenvalue weighted by molar-refractivity contribution is -0.115. The molecule has 0 atom stereocenters. The molecular weight excluding hydrogens is 374 g/mol. The van der Waals surface area contributed by atoms with E-state index < -0.39 is 0 Å². The first-order valence-electron chi connectivity index (χ1n) is 8.84. The first kappa shape index (κ1) is 18.1. The Bertz CT molecular complexity index is 1100. The number of carbonyl (C=O) groups excluding carboxylic acids is 1. The van der Waals surface area contributed by atoms with E-state index in [-0.39, 0.29) is 12.3 Å². The predicted octanol–water partition coefficient (Wildman–Crippen LogP) is 5.28. The SMILES string of the molecule is Cc1oc(-c2ccccc2)nc1CC(=O)Nc1ccc(Cl)cc1-n1cccc1. The number of anilines is 1. The van der Waals surface area contributed by atoms with Crippen molar-refractivity contribution < 1.29 is 9.21 Å². The van der Waals surface area contributed by atoms with Crippen LogP contribution in [-0.2, 0) is 11.2 Å². The summed E-state index contributed by atoms with van der Waals surface area (Å²) in [5.41, 5.74) is 2.97. The van der Waals surface area contributed by atoms with Gasteiger partial charge in [0.2, 0.25) is 11.8 Å². The monoisotopic (exact) mass is 391 g/mol. The Balaban J connectivity index is 1.54. The summed E-state index contributed by atoms with van der Waals surface area (Å²) in [4.78, 5) is 17.1. The third kappa shape index (κ3) is 3.85. The number of amides is 1. The van der Waals surface area contributed by atoms with Gasteiger partial charge in [0.15, 0.2) is 0 Å². The quantitative estimate of drug-likeness (QED) is 0.503. The molecular formula is C22H18ClN3O2. The van der Waals surface area contributed by atoms with Gasteiger partial charge in [-0.3, -0.25) is 4.79 Å². The molecule has 1 N–H and O–H groups in total. The van der Waals surface area contributed by atoms with Crippen molar-refractivity contribution in [1.82, 2.24) is 9.55 Å². The Morgan fingerprint density at radius 2 is 1.86 bits per heavy atom. The van der Waals surface area contributed by atoms with Crippen LogP contribution in [0.2, 0.25) is 5.02 Å². The Hall–Kier alpha value is -3.31. The van der Waals surface area contributed by atoms with E-state index in [1.54, 1.807) is 12.1 Å². The number of benzene rings is 2. The second-order valence-electron chi connectivity index (χ2n) is 6.36. The molecule has 6 heteroatoms. The number of rotatable bonds is 5. The highest BCUT2D eigenvalue weighted by Crippen LogP contribution is 2.26. The van der Waals surface area contributed by atoms with Gasteiger partial charge in [0.1, 0.15) is 5.76 Å². The zero-order valence-electron chi connectivity index (χ0n) is 15.2. The van der Waals surface area contributed by atoms with E-state index in [0.717, 1.165) is 11.3 Å². The molecule has 0 radical (unpaired) electrons. The molecule has 140 valence electrons. The molecule has 4 rings (SSSR count). The van der Waals surface area contributed by atoms with Gasteiger partial charge < -0.3 is 14.3 Å².